The van der Waals surface area contributed by atoms with Gasteiger partial charge in [0.05, 0.1) is 10.6 Å². The minimum absolute atomic E-state index is 0.0350. The third kappa shape index (κ3) is 2.54. The van der Waals surface area contributed by atoms with Crippen LogP contribution in [0.15, 0.2) is 22.6 Å². The van der Waals surface area contributed by atoms with Gasteiger partial charge in [-0.2, -0.15) is 0 Å². The highest BCUT2D eigenvalue weighted by molar-refractivity contribution is 6.33. The zero-order chi connectivity index (χ0) is 15.1. The lowest BCUT2D eigenvalue weighted by Gasteiger charge is -2.14. The van der Waals surface area contributed by atoms with Crippen LogP contribution in [0.1, 0.15) is 37.0 Å². The Labute approximate surface area is 120 Å². The second-order valence-corrected chi connectivity index (χ2v) is 5.76. The summed E-state index contributed by atoms with van der Waals surface area (Å²) in [6.07, 6.45) is 0. The number of oxazole rings is 1. The summed E-state index contributed by atoms with van der Waals surface area (Å²) in [4.78, 5) is 15.3. The van der Waals surface area contributed by atoms with E-state index in [0.29, 0.717) is 0 Å². The zero-order valence-corrected chi connectivity index (χ0v) is 12.0. The number of carboxylic acid groups (broad SMARTS) is 1. The number of aromatic nitrogens is 1. The van der Waals surface area contributed by atoms with E-state index in [4.69, 9.17) is 21.1 Å². The lowest BCUT2D eigenvalue weighted by atomic mass is 9.91. The molecule has 0 bridgehead atoms. The molecule has 0 amide bonds. The van der Waals surface area contributed by atoms with Gasteiger partial charge in [-0.3, -0.25) is 0 Å². The summed E-state index contributed by atoms with van der Waals surface area (Å²) in [5.74, 6) is -2.29. The van der Waals surface area contributed by atoms with Crippen molar-refractivity contribution in [3.05, 3.63) is 40.5 Å². The second-order valence-electron chi connectivity index (χ2n) is 5.35. The number of hydrogen-bond donors (Lipinski definition) is 1. The van der Waals surface area contributed by atoms with E-state index < -0.39 is 17.2 Å². The van der Waals surface area contributed by atoms with Gasteiger partial charge in [-0.1, -0.05) is 38.4 Å². The van der Waals surface area contributed by atoms with Gasteiger partial charge in [0.1, 0.15) is 11.5 Å². The molecule has 4 nitrogen and oxygen atoms in total. The third-order valence-corrected chi connectivity index (χ3v) is 3.02. The molecule has 1 N–H and O–H groups in total. The van der Waals surface area contributed by atoms with Crippen molar-refractivity contribution in [3.8, 4) is 11.5 Å². The Morgan fingerprint density at radius 1 is 1.40 bits per heavy atom. The van der Waals surface area contributed by atoms with Crippen LogP contribution in [0.5, 0.6) is 0 Å². The molecule has 20 heavy (non-hydrogen) atoms. The minimum Gasteiger partial charge on any atom is -0.475 e. The maximum Gasteiger partial charge on any atom is 0.373 e. The standard InChI is InChI=1S/C14H13ClFNO3/c1-14(2,3)11-10(13(18)19)20-12(17-11)9-7(15)5-4-6-8(9)16/h4-6H,1-3H3,(H,18,19). The van der Waals surface area contributed by atoms with Crippen LogP contribution in [0.25, 0.3) is 11.5 Å². The molecular weight excluding hydrogens is 285 g/mol. The van der Waals surface area contributed by atoms with E-state index in [2.05, 4.69) is 4.98 Å². The van der Waals surface area contributed by atoms with Gasteiger partial charge in [0.25, 0.3) is 0 Å². The van der Waals surface area contributed by atoms with Crippen molar-refractivity contribution in [1.29, 1.82) is 0 Å². The average Bonchev–Trinajstić information content (AvgIpc) is 2.73. The molecule has 2 aromatic rings. The van der Waals surface area contributed by atoms with E-state index in [9.17, 15) is 9.18 Å². The Bertz CT molecular complexity index is 653. The molecule has 1 aromatic carbocycles. The van der Waals surface area contributed by atoms with Crippen molar-refractivity contribution < 1.29 is 18.7 Å². The van der Waals surface area contributed by atoms with E-state index in [1.165, 1.54) is 18.2 Å². The normalized spacial score (nSPS) is 11.7. The first-order chi connectivity index (χ1) is 9.21. The van der Waals surface area contributed by atoms with Crippen LogP contribution in [-0.4, -0.2) is 16.1 Å². The summed E-state index contributed by atoms with van der Waals surface area (Å²) >= 11 is 5.93. The monoisotopic (exact) mass is 297 g/mol. The Balaban J connectivity index is 2.69. The van der Waals surface area contributed by atoms with Crippen LogP contribution < -0.4 is 0 Å². The average molecular weight is 298 g/mol. The molecule has 2 rings (SSSR count). The van der Waals surface area contributed by atoms with Crippen molar-refractivity contribution in [2.24, 2.45) is 0 Å². The SMILES string of the molecule is CC(C)(C)c1nc(-c2c(F)cccc2Cl)oc1C(=O)O. The number of halogens is 2. The van der Waals surface area contributed by atoms with E-state index in [1.54, 1.807) is 20.8 Å². The molecule has 0 atom stereocenters. The third-order valence-electron chi connectivity index (χ3n) is 2.71. The molecule has 0 fully saturated rings. The topological polar surface area (TPSA) is 63.3 Å². The summed E-state index contributed by atoms with van der Waals surface area (Å²) in [6, 6.07) is 4.15. The van der Waals surface area contributed by atoms with Crippen molar-refractivity contribution >= 4 is 17.6 Å². The van der Waals surface area contributed by atoms with Crippen LogP contribution in [0.3, 0.4) is 0 Å². The van der Waals surface area contributed by atoms with Crippen LogP contribution in [0, 0.1) is 5.82 Å². The first-order valence-corrected chi connectivity index (χ1v) is 6.28. The molecule has 0 radical (unpaired) electrons. The van der Waals surface area contributed by atoms with Crippen LogP contribution in [-0.2, 0) is 5.41 Å². The number of benzene rings is 1. The van der Waals surface area contributed by atoms with Gasteiger partial charge in [0, 0.05) is 5.41 Å². The van der Waals surface area contributed by atoms with Gasteiger partial charge >= 0.3 is 5.97 Å². The quantitative estimate of drug-likeness (QED) is 0.905. The van der Waals surface area contributed by atoms with Gasteiger partial charge in [0.2, 0.25) is 11.7 Å². The predicted molar refractivity (Wildman–Crippen MR) is 72.6 cm³/mol. The van der Waals surface area contributed by atoms with Gasteiger partial charge in [-0.05, 0) is 12.1 Å². The fraction of sp³-hybridized carbons (Fsp3) is 0.286. The maximum atomic E-state index is 13.8. The molecular formula is C14H13ClFNO3. The molecule has 0 aliphatic rings. The Morgan fingerprint density at radius 3 is 2.50 bits per heavy atom. The Kier molecular flexibility index (Phi) is 3.56. The molecule has 0 aliphatic heterocycles. The van der Waals surface area contributed by atoms with Gasteiger partial charge in [-0.25, -0.2) is 14.2 Å². The zero-order valence-electron chi connectivity index (χ0n) is 11.2. The summed E-state index contributed by atoms with van der Waals surface area (Å²) < 4.78 is 19.1. The lowest BCUT2D eigenvalue weighted by Crippen LogP contribution is -2.16. The van der Waals surface area contributed by atoms with E-state index >= 15 is 0 Å². The first kappa shape index (κ1) is 14.5. The molecule has 0 saturated heterocycles. The fourth-order valence-electron chi connectivity index (χ4n) is 1.78. The Morgan fingerprint density at radius 2 is 2.05 bits per heavy atom. The second kappa shape index (κ2) is 4.90. The van der Waals surface area contributed by atoms with Crippen molar-refractivity contribution in [3.63, 3.8) is 0 Å². The number of aromatic carboxylic acids is 1. The van der Waals surface area contributed by atoms with Crippen molar-refractivity contribution in [2.75, 3.05) is 0 Å². The minimum atomic E-state index is -1.25. The van der Waals surface area contributed by atoms with E-state index in [0.717, 1.165) is 0 Å². The molecule has 6 heteroatoms. The molecule has 0 saturated carbocycles. The van der Waals surface area contributed by atoms with Crippen LogP contribution in [0.4, 0.5) is 4.39 Å². The first-order valence-electron chi connectivity index (χ1n) is 5.91. The highest BCUT2D eigenvalue weighted by atomic mass is 35.5. The van der Waals surface area contributed by atoms with Gasteiger partial charge < -0.3 is 9.52 Å². The lowest BCUT2D eigenvalue weighted by molar-refractivity contribution is 0.0659. The number of hydrogen-bond acceptors (Lipinski definition) is 3. The summed E-state index contributed by atoms with van der Waals surface area (Å²) in [7, 11) is 0. The molecule has 106 valence electrons. The highest BCUT2D eigenvalue weighted by Gasteiger charge is 2.30. The Hall–Kier alpha value is -1.88. The van der Waals surface area contributed by atoms with Crippen LogP contribution >= 0.6 is 11.6 Å². The number of carbonyl (C=O) groups is 1. The number of rotatable bonds is 2. The van der Waals surface area contributed by atoms with E-state index in [-0.39, 0.29) is 27.9 Å². The number of carboxylic acids is 1. The van der Waals surface area contributed by atoms with Gasteiger partial charge in [-0.15, -0.1) is 0 Å². The van der Waals surface area contributed by atoms with Crippen molar-refractivity contribution in [2.45, 2.75) is 26.2 Å². The number of nitrogens with zero attached hydrogens (tertiary/aromatic N) is 1. The summed E-state index contributed by atoms with van der Waals surface area (Å²) in [5.41, 5.74) is -0.334. The molecule has 1 heterocycles. The molecule has 0 aliphatic carbocycles. The summed E-state index contributed by atoms with van der Waals surface area (Å²) in [5, 5.41) is 9.28. The predicted octanol–water partition coefficient (Wildman–Crippen LogP) is 4.13. The summed E-state index contributed by atoms with van der Waals surface area (Å²) in [6.45, 7) is 5.39. The van der Waals surface area contributed by atoms with Crippen molar-refractivity contribution in [1.82, 2.24) is 4.98 Å². The van der Waals surface area contributed by atoms with Gasteiger partial charge in [0.15, 0.2) is 0 Å². The fourth-order valence-corrected chi connectivity index (χ4v) is 2.03. The largest absolute Gasteiger partial charge is 0.475 e. The maximum absolute atomic E-state index is 13.8. The van der Waals surface area contributed by atoms with E-state index in [1.807, 2.05) is 0 Å². The molecule has 0 spiro atoms. The molecule has 1 aromatic heterocycles. The highest BCUT2D eigenvalue weighted by Crippen LogP contribution is 2.34. The van der Waals surface area contributed by atoms with Crippen LogP contribution in [0.2, 0.25) is 5.02 Å². The smallest absolute Gasteiger partial charge is 0.373 e. The molecule has 0 unspecified atom stereocenters.